The molecule has 2 rings (SSSR count). The maximum Gasteiger partial charge on any atom is 0.232 e. The topological polar surface area (TPSA) is 91.6 Å². The predicted octanol–water partition coefficient (Wildman–Crippen LogP) is 1.60. The standard InChI is InChI=1S/C14H17FN2O4S/c1-20-14(21-2)7-13(8-14,9-16)11-4-3-10(12(15)5-11)6-17-22(18)19/h3-5,17H,6-8H2,1-2H3,(H,18,19). The Labute approximate surface area is 130 Å². The van der Waals surface area contributed by atoms with Crippen molar-refractivity contribution in [2.45, 2.75) is 30.6 Å². The van der Waals surface area contributed by atoms with Crippen molar-refractivity contribution in [3.8, 4) is 6.07 Å². The fourth-order valence-electron chi connectivity index (χ4n) is 2.72. The van der Waals surface area contributed by atoms with E-state index in [0.717, 1.165) is 0 Å². The van der Waals surface area contributed by atoms with E-state index in [4.69, 9.17) is 14.0 Å². The molecule has 0 saturated heterocycles. The second-order valence-corrected chi connectivity index (χ2v) is 6.03. The van der Waals surface area contributed by atoms with Crippen LogP contribution in [0.1, 0.15) is 24.0 Å². The number of methoxy groups -OCH3 is 2. The van der Waals surface area contributed by atoms with Crippen LogP contribution in [0, 0.1) is 17.1 Å². The zero-order valence-corrected chi connectivity index (χ0v) is 13.1. The van der Waals surface area contributed by atoms with Crippen LogP contribution in [-0.4, -0.2) is 28.8 Å². The first-order chi connectivity index (χ1) is 10.4. The van der Waals surface area contributed by atoms with Gasteiger partial charge in [-0.25, -0.2) is 13.3 Å². The van der Waals surface area contributed by atoms with E-state index < -0.39 is 28.3 Å². The van der Waals surface area contributed by atoms with Crippen LogP contribution in [0.4, 0.5) is 4.39 Å². The van der Waals surface area contributed by atoms with E-state index in [9.17, 15) is 13.9 Å². The van der Waals surface area contributed by atoms with Gasteiger partial charge in [0.05, 0.1) is 11.5 Å². The molecule has 0 spiro atoms. The summed E-state index contributed by atoms with van der Waals surface area (Å²) in [7, 11) is 3.02. The third-order valence-electron chi connectivity index (χ3n) is 4.09. The fraction of sp³-hybridized carbons (Fsp3) is 0.500. The molecule has 8 heteroatoms. The van der Waals surface area contributed by atoms with Gasteiger partial charge in [0.15, 0.2) is 5.79 Å². The first-order valence-corrected chi connectivity index (χ1v) is 7.66. The van der Waals surface area contributed by atoms with E-state index in [2.05, 4.69) is 10.8 Å². The Kier molecular flexibility index (Phi) is 4.94. The lowest BCUT2D eigenvalue weighted by molar-refractivity contribution is -0.269. The number of nitrogens with zero attached hydrogens (tertiary/aromatic N) is 1. The Hall–Kier alpha value is -1.37. The lowest BCUT2D eigenvalue weighted by Crippen LogP contribution is -2.56. The van der Waals surface area contributed by atoms with Crippen molar-refractivity contribution in [3.63, 3.8) is 0 Å². The normalized spacial score (nSPS) is 20.0. The van der Waals surface area contributed by atoms with Crippen molar-refractivity contribution in [2.75, 3.05) is 14.2 Å². The van der Waals surface area contributed by atoms with Crippen molar-refractivity contribution >= 4 is 11.3 Å². The highest BCUT2D eigenvalue weighted by Crippen LogP contribution is 2.52. The van der Waals surface area contributed by atoms with E-state index >= 15 is 0 Å². The average molecular weight is 328 g/mol. The van der Waals surface area contributed by atoms with Crippen LogP contribution in [0.25, 0.3) is 0 Å². The van der Waals surface area contributed by atoms with Gasteiger partial charge in [-0.2, -0.15) is 5.26 Å². The molecule has 1 atom stereocenters. The number of rotatable bonds is 6. The van der Waals surface area contributed by atoms with Crippen LogP contribution < -0.4 is 4.72 Å². The second-order valence-electron chi connectivity index (χ2n) is 5.24. The molecule has 1 saturated carbocycles. The summed E-state index contributed by atoms with van der Waals surface area (Å²) in [6.07, 6.45) is 0.641. The molecule has 22 heavy (non-hydrogen) atoms. The first-order valence-electron chi connectivity index (χ1n) is 6.55. The Morgan fingerprint density at radius 1 is 1.45 bits per heavy atom. The summed E-state index contributed by atoms with van der Waals surface area (Å²) in [4.78, 5) is 0. The Bertz CT molecular complexity index is 620. The Morgan fingerprint density at radius 2 is 2.09 bits per heavy atom. The highest BCUT2D eigenvalue weighted by atomic mass is 32.2. The third kappa shape index (κ3) is 3.04. The molecule has 1 unspecified atom stereocenters. The molecule has 1 aliphatic rings. The van der Waals surface area contributed by atoms with E-state index in [1.165, 1.54) is 26.4 Å². The molecule has 120 valence electrons. The minimum atomic E-state index is -2.20. The van der Waals surface area contributed by atoms with Gasteiger partial charge in [0.1, 0.15) is 5.82 Å². The largest absolute Gasteiger partial charge is 0.353 e. The number of nitriles is 1. The zero-order valence-electron chi connectivity index (χ0n) is 12.3. The SMILES string of the molecule is COC1(OC)CC(C#N)(c2ccc(CNS(=O)O)c(F)c2)C1. The minimum Gasteiger partial charge on any atom is -0.353 e. The van der Waals surface area contributed by atoms with Crippen molar-refractivity contribution in [1.82, 2.24) is 4.72 Å². The molecule has 0 bridgehead atoms. The van der Waals surface area contributed by atoms with Gasteiger partial charge < -0.3 is 9.47 Å². The summed E-state index contributed by atoms with van der Waals surface area (Å²) in [6.45, 7) is -0.0745. The molecule has 0 radical (unpaired) electrons. The maximum absolute atomic E-state index is 14.1. The highest BCUT2D eigenvalue weighted by Gasteiger charge is 2.57. The minimum absolute atomic E-state index is 0.0745. The molecule has 0 amide bonds. The van der Waals surface area contributed by atoms with Crippen LogP contribution in [0.5, 0.6) is 0 Å². The number of benzene rings is 1. The van der Waals surface area contributed by atoms with Crippen molar-refractivity contribution in [1.29, 1.82) is 5.26 Å². The van der Waals surface area contributed by atoms with Gasteiger partial charge in [-0.3, -0.25) is 4.55 Å². The number of hydrogen-bond donors (Lipinski definition) is 2. The smallest absolute Gasteiger partial charge is 0.232 e. The number of hydrogen-bond acceptors (Lipinski definition) is 4. The molecule has 0 aromatic heterocycles. The van der Waals surface area contributed by atoms with E-state index in [-0.39, 0.29) is 12.1 Å². The van der Waals surface area contributed by atoms with E-state index in [1.54, 1.807) is 6.07 Å². The monoisotopic (exact) mass is 328 g/mol. The number of nitrogens with one attached hydrogen (secondary N) is 1. The van der Waals surface area contributed by atoms with Gasteiger partial charge >= 0.3 is 0 Å². The molecule has 1 fully saturated rings. The molecule has 1 aromatic carbocycles. The van der Waals surface area contributed by atoms with Crippen molar-refractivity contribution in [3.05, 3.63) is 35.1 Å². The lowest BCUT2D eigenvalue weighted by Gasteiger charge is -2.50. The van der Waals surface area contributed by atoms with Gasteiger partial charge in [-0.15, -0.1) is 0 Å². The van der Waals surface area contributed by atoms with Gasteiger partial charge in [0.25, 0.3) is 0 Å². The van der Waals surface area contributed by atoms with Crippen LogP contribution in [-0.2, 0) is 32.7 Å². The Balaban J connectivity index is 2.21. The third-order valence-corrected chi connectivity index (χ3v) is 4.48. The summed E-state index contributed by atoms with van der Waals surface area (Å²) in [5.41, 5.74) is -0.0482. The molecule has 1 aliphatic carbocycles. The molecular weight excluding hydrogens is 311 g/mol. The van der Waals surface area contributed by atoms with Gasteiger partial charge in [0, 0.05) is 39.2 Å². The predicted molar refractivity (Wildman–Crippen MR) is 77.3 cm³/mol. The zero-order chi connectivity index (χ0) is 16.4. The van der Waals surface area contributed by atoms with Gasteiger partial charge in [0.2, 0.25) is 11.3 Å². The molecule has 1 aromatic rings. The highest BCUT2D eigenvalue weighted by molar-refractivity contribution is 7.77. The summed E-state index contributed by atoms with van der Waals surface area (Å²) < 4.78 is 46.1. The van der Waals surface area contributed by atoms with E-state index in [0.29, 0.717) is 18.4 Å². The van der Waals surface area contributed by atoms with Crippen molar-refractivity contribution < 1.29 is 22.6 Å². The van der Waals surface area contributed by atoms with Crippen LogP contribution in [0.15, 0.2) is 18.2 Å². The van der Waals surface area contributed by atoms with Crippen LogP contribution in [0.2, 0.25) is 0 Å². The van der Waals surface area contributed by atoms with Crippen molar-refractivity contribution in [2.24, 2.45) is 0 Å². The summed E-state index contributed by atoms with van der Waals surface area (Å²) >= 11 is -2.20. The van der Waals surface area contributed by atoms with Gasteiger partial charge in [-0.05, 0) is 11.6 Å². The summed E-state index contributed by atoms with van der Waals surface area (Å²) in [5.74, 6) is -1.34. The first kappa shape index (κ1) is 17.0. The van der Waals surface area contributed by atoms with E-state index in [1.807, 2.05) is 0 Å². The summed E-state index contributed by atoms with van der Waals surface area (Å²) in [6, 6.07) is 6.66. The lowest BCUT2D eigenvalue weighted by atomic mass is 9.61. The summed E-state index contributed by atoms with van der Waals surface area (Å²) in [5, 5.41) is 9.48. The molecule has 2 N–H and O–H groups in total. The Morgan fingerprint density at radius 3 is 2.55 bits per heavy atom. The van der Waals surface area contributed by atoms with Gasteiger partial charge in [-0.1, -0.05) is 12.1 Å². The number of ether oxygens (including phenoxy) is 2. The quantitative estimate of drug-likeness (QED) is 0.611. The fourth-order valence-corrected chi connectivity index (χ4v) is 2.99. The van der Waals surface area contributed by atoms with Crippen LogP contribution >= 0.6 is 0 Å². The second kappa shape index (κ2) is 6.40. The molecule has 6 nitrogen and oxygen atoms in total. The van der Waals surface area contributed by atoms with Crippen LogP contribution in [0.3, 0.4) is 0 Å². The molecule has 0 heterocycles. The average Bonchev–Trinajstić information content (AvgIpc) is 2.47. The number of halogens is 1. The molecule has 0 aliphatic heterocycles. The maximum atomic E-state index is 14.1. The molecular formula is C14H17FN2O4S.